The fourth-order valence-corrected chi connectivity index (χ4v) is 3.68. The summed E-state index contributed by atoms with van der Waals surface area (Å²) in [5.41, 5.74) is 0. The molecule has 0 aliphatic heterocycles. The van der Waals surface area contributed by atoms with E-state index in [-0.39, 0.29) is 0 Å². The van der Waals surface area contributed by atoms with Crippen molar-refractivity contribution in [3.8, 4) is 0 Å². The molecule has 1 nitrogen and oxygen atoms in total. The normalized spacial score (nSPS) is 38.1. The molecule has 2 bridgehead atoms. The van der Waals surface area contributed by atoms with Crippen LogP contribution in [0.1, 0.15) is 33.6 Å². The highest BCUT2D eigenvalue weighted by molar-refractivity contribution is 5.13. The lowest BCUT2D eigenvalue weighted by Crippen LogP contribution is -2.34. The molecule has 0 aromatic carbocycles. The highest BCUT2D eigenvalue weighted by Gasteiger charge is 2.43. The van der Waals surface area contributed by atoms with E-state index in [9.17, 15) is 0 Å². The van der Waals surface area contributed by atoms with Gasteiger partial charge in [-0.2, -0.15) is 0 Å². The molecule has 0 radical (unpaired) electrons. The number of nitrogens with zero attached hydrogens (tertiary/aromatic N) is 1. The van der Waals surface area contributed by atoms with Gasteiger partial charge in [0.2, 0.25) is 0 Å². The van der Waals surface area contributed by atoms with Crippen LogP contribution in [0.15, 0.2) is 12.2 Å². The Labute approximate surface area is 94.5 Å². The first-order valence-corrected chi connectivity index (χ1v) is 6.70. The minimum Gasteiger partial charge on any atom is -0.304 e. The summed E-state index contributed by atoms with van der Waals surface area (Å²) in [6, 6.07) is 0. The summed E-state index contributed by atoms with van der Waals surface area (Å²) >= 11 is 0. The van der Waals surface area contributed by atoms with Gasteiger partial charge in [-0.3, -0.25) is 0 Å². The zero-order valence-electron chi connectivity index (χ0n) is 10.4. The van der Waals surface area contributed by atoms with Crippen LogP contribution in [0.5, 0.6) is 0 Å². The molecular weight excluding hydrogens is 182 g/mol. The predicted molar refractivity (Wildman–Crippen MR) is 65.8 cm³/mol. The van der Waals surface area contributed by atoms with E-state index < -0.39 is 0 Å². The third kappa shape index (κ3) is 1.99. The molecule has 15 heavy (non-hydrogen) atoms. The minimum atomic E-state index is 0.903. The van der Waals surface area contributed by atoms with Crippen molar-refractivity contribution in [3.05, 3.63) is 12.2 Å². The highest BCUT2D eigenvalue weighted by Crippen LogP contribution is 2.49. The van der Waals surface area contributed by atoms with Gasteiger partial charge in [-0.25, -0.2) is 0 Å². The van der Waals surface area contributed by atoms with Crippen LogP contribution in [0.25, 0.3) is 0 Å². The molecule has 0 saturated heterocycles. The summed E-state index contributed by atoms with van der Waals surface area (Å²) in [6.45, 7) is 10.7. The van der Waals surface area contributed by atoms with Gasteiger partial charge in [0.05, 0.1) is 0 Å². The fraction of sp³-hybridized carbons (Fsp3) is 0.857. The molecule has 1 saturated carbocycles. The maximum atomic E-state index is 2.60. The number of allylic oxidation sites excluding steroid dienone is 2. The quantitative estimate of drug-likeness (QED) is 0.626. The molecule has 1 heteroatoms. The summed E-state index contributed by atoms with van der Waals surface area (Å²) in [5.74, 6) is 3.74. The fourth-order valence-electron chi connectivity index (χ4n) is 3.68. The van der Waals surface area contributed by atoms with Crippen LogP contribution in [0.2, 0.25) is 0 Å². The summed E-state index contributed by atoms with van der Waals surface area (Å²) in [4.78, 5) is 2.60. The average Bonchev–Trinajstić information content (AvgIpc) is 2.85. The molecule has 2 aliphatic rings. The molecule has 86 valence electrons. The SMILES string of the molecule is CCC1C2C=CC(C2)C1CN(CC)CC. The largest absolute Gasteiger partial charge is 0.304 e. The second kappa shape index (κ2) is 4.69. The van der Waals surface area contributed by atoms with E-state index in [4.69, 9.17) is 0 Å². The van der Waals surface area contributed by atoms with E-state index in [1.165, 1.54) is 32.5 Å². The number of hydrogen-bond acceptors (Lipinski definition) is 1. The van der Waals surface area contributed by atoms with Crippen LogP contribution in [0.3, 0.4) is 0 Å². The van der Waals surface area contributed by atoms with Gasteiger partial charge in [-0.05, 0) is 43.2 Å². The topological polar surface area (TPSA) is 3.24 Å². The standard InChI is InChI=1S/C14H25N/c1-4-13-11-7-8-12(9-11)14(13)10-15(5-2)6-3/h7-8,11-14H,4-6,9-10H2,1-3H3. The van der Waals surface area contributed by atoms with Crippen LogP contribution in [0, 0.1) is 23.7 Å². The van der Waals surface area contributed by atoms with E-state index in [0.29, 0.717) is 0 Å². The molecule has 4 unspecified atom stereocenters. The summed E-state index contributed by atoms with van der Waals surface area (Å²) < 4.78 is 0. The van der Waals surface area contributed by atoms with Crippen molar-refractivity contribution < 1.29 is 0 Å². The Bertz CT molecular complexity index is 229. The van der Waals surface area contributed by atoms with E-state index in [0.717, 1.165) is 23.7 Å². The average molecular weight is 207 g/mol. The molecular formula is C14H25N. The Morgan fingerprint density at radius 2 is 1.60 bits per heavy atom. The molecule has 0 spiro atoms. The van der Waals surface area contributed by atoms with E-state index in [2.05, 4.69) is 37.8 Å². The Kier molecular flexibility index (Phi) is 3.50. The van der Waals surface area contributed by atoms with Crippen LogP contribution in [0.4, 0.5) is 0 Å². The van der Waals surface area contributed by atoms with Gasteiger partial charge in [0.15, 0.2) is 0 Å². The first-order valence-electron chi connectivity index (χ1n) is 6.70. The maximum Gasteiger partial charge on any atom is 0.00179 e. The van der Waals surface area contributed by atoms with Crippen molar-refractivity contribution in [1.82, 2.24) is 4.90 Å². The zero-order valence-corrected chi connectivity index (χ0v) is 10.4. The summed E-state index contributed by atoms with van der Waals surface area (Å²) in [6.07, 6.45) is 7.80. The smallest absolute Gasteiger partial charge is 0.00179 e. The Morgan fingerprint density at radius 1 is 1.00 bits per heavy atom. The summed E-state index contributed by atoms with van der Waals surface area (Å²) in [5, 5.41) is 0. The molecule has 1 fully saturated rings. The molecule has 0 aromatic rings. The van der Waals surface area contributed by atoms with Crippen molar-refractivity contribution >= 4 is 0 Å². The molecule has 0 aromatic heterocycles. The van der Waals surface area contributed by atoms with Crippen LogP contribution < -0.4 is 0 Å². The van der Waals surface area contributed by atoms with Gasteiger partial charge < -0.3 is 4.90 Å². The third-order valence-electron chi connectivity index (χ3n) is 4.63. The van der Waals surface area contributed by atoms with E-state index >= 15 is 0 Å². The Hall–Kier alpha value is -0.300. The third-order valence-corrected chi connectivity index (χ3v) is 4.63. The number of fused-ring (bicyclic) bond motifs is 2. The van der Waals surface area contributed by atoms with Crippen molar-refractivity contribution in [3.63, 3.8) is 0 Å². The lowest BCUT2D eigenvalue weighted by Gasteiger charge is -2.31. The first-order chi connectivity index (χ1) is 7.30. The lowest BCUT2D eigenvalue weighted by atomic mass is 9.81. The second-order valence-corrected chi connectivity index (χ2v) is 5.17. The van der Waals surface area contributed by atoms with E-state index in [1.54, 1.807) is 0 Å². The first kappa shape index (κ1) is 11.2. The molecule has 0 N–H and O–H groups in total. The Morgan fingerprint density at radius 3 is 2.13 bits per heavy atom. The van der Waals surface area contributed by atoms with Crippen molar-refractivity contribution in [1.29, 1.82) is 0 Å². The van der Waals surface area contributed by atoms with Crippen LogP contribution in [-0.2, 0) is 0 Å². The molecule has 4 atom stereocenters. The lowest BCUT2D eigenvalue weighted by molar-refractivity contribution is 0.188. The zero-order chi connectivity index (χ0) is 10.8. The van der Waals surface area contributed by atoms with Gasteiger partial charge in [0, 0.05) is 6.54 Å². The van der Waals surface area contributed by atoms with Crippen LogP contribution in [-0.4, -0.2) is 24.5 Å². The predicted octanol–water partition coefficient (Wildman–Crippen LogP) is 3.18. The molecule has 0 amide bonds. The molecule has 2 rings (SSSR count). The second-order valence-electron chi connectivity index (χ2n) is 5.17. The maximum absolute atomic E-state index is 2.60. The highest BCUT2D eigenvalue weighted by atomic mass is 15.1. The minimum absolute atomic E-state index is 0.903. The van der Waals surface area contributed by atoms with Crippen molar-refractivity contribution in [2.24, 2.45) is 23.7 Å². The number of rotatable bonds is 5. The summed E-state index contributed by atoms with van der Waals surface area (Å²) in [7, 11) is 0. The van der Waals surface area contributed by atoms with Crippen molar-refractivity contribution in [2.75, 3.05) is 19.6 Å². The van der Waals surface area contributed by atoms with Gasteiger partial charge in [0.1, 0.15) is 0 Å². The Balaban J connectivity index is 1.99. The van der Waals surface area contributed by atoms with Gasteiger partial charge in [-0.15, -0.1) is 0 Å². The van der Waals surface area contributed by atoms with Gasteiger partial charge in [-0.1, -0.05) is 39.3 Å². The van der Waals surface area contributed by atoms with Gasteiger partial charge >= 0.3 is 0 Å². The molecule has 2 aliphatic carbocycles. The monoisotopic (exact) mass is 207 g/mol. The van der Waals surface area contributed by atoms with Gasteiger partial charge in [0.25, 0.3) is 0 Å². The van der Waals surface area contributed by atoms with Crippen LogP contribution >= 0.6 is 0 Å². The van der Waals surface area contributed by atoms with Crippen molar-refractivity contribution in [2.45, 2.75) is 33.6 Å². The molecule has 0 heterocycles. The number of hydrogen-bond donors (Lipinski definition) is 0. The van der Waals surface area contributed by atoms with E-state index in [1.807, 2.05) is 0 Å².